The van der Waals surface area contributed by atoms with Crippen molar-refractivity contribution in [1.29, 1.82) is 0 Å². The SMILES string of the molecule is CCN(CC)CCCC(C)C(CN1CCCc2ccccc21)C(N)=O. The van der Waals surface area contributed by atoms with E-state index in [0.29, 0.717) is 5.92 Å². The normalized spacial score (nSPS) is 16.6. The second kappa shape index (κ2) is 9.81. The van der Waals surface area contributed by atoms with Crippen LogP contribution in [0.4, 0.5) is 5.69 Å². The van der Waals surface area contributed by atoms with Crippen molar-refractivity contribution in [1.82, 2.24) is 4.90 Å². The fourth-order valence-electron chi connectivity index (χ4n) is 3.97. The predicted molar refractivity (Wildman–Crippen MR) is 106 cm³/mol. The number of rotatable bonds is 10. The van der Waals surface area contributed by atoms with E-state index in [-0.39, 0.29) is 11.8 Å². The predicted octanol–water partition coefficient (Wildman–Crippen LogP) is 3.30. The molecule has 1 aliphatic heterocycles. The molecule has 2 rings (SSSR count). The van der Waals surface area contributed by atoms with E-state index in [4.69, 9.17) is 5.73 Å². The molecule has 140 valence electrons. The molecule has 0 spiro atoms. The maximum absolute atomic E-state index is 12.1. The van der Waals surface area contributed by atoms with Crippen LogP contribution in [0.3, 0.4) is 0 Å². The number of primary amides is 1. The van der Waals surface area contributed by atoms with Gasteiger partial charge < -0.3 is 15.5 Å². The first-order valence-corrected chi connectivity index (χ1v) is 9.91. The van der Waals surface area contributed by atoms with E-state index in [0.717, 1.165) is 58.4 Å². The first kappa shape index (κ1) is 19.8. The molecule has 1 heterocycles. The molecular formula is C21H35N3O. The minimum Gasteiger partial charge on any atom is -0.370 e. The lowest BCUT2D eigenvalue weighted by Gasteiger charge is -2.35. The van der Waals surface area contributed by atoms with E-state index < -0.39 is 0 Å². The summed E-state index contributed by atoms with van der Waals surface area (Å²) in [5.41, 5.74) is 8.46. The minimum atomic E-state index is -0.154. The fraction of sp³-hybridized carbons (Fsp3) is 0.667. The molecule has 1 aromatic carbocycles. The van der Waals surface area contributed by atoms with E-state index in [1.807, 2.05) is 0 Å². The van der Waals surface area contributed by atoms with E-state index in [2.05, 4.69) is 54.8 Å². The molecule has 2 atom stereocenters. The van der Waals surface area contributed by atoms with Crippen LogP contribution in [0.2, 0.25) is 0 Å². The van der Waals surface area contributed by atoms with Crippen LogP contribution < -0.4 is 10.6 Å². The lowest BCUT2D eigenvalue weighted by atomic mass is 9.88. The second-order valence-corrected chi connectivity index (χ2v) is 7.33. The molecule has 0 bridgehead atoms. The Morgan fingerprint density at radius 1 is 1.28 bits per heavy atom. The Hall–Kier alpha value is -1.55. The summed E-state index contributed by atoms with van der Waals surface area (Å²) in [6.45, 7) is 11.7. The number of aryl methyl sites for hydroxylation is 1. The fourth-order valence-corrected chi connectivity index (χ4v) is 3.97. The van der Waals surface area contributed by atoms with Gasteiger partial charge in [-0.15, -0.1) is 0 Å². The lowest BCUT2D eigenvalue weighted by Crippen LogP contribution is -2.41. The highest BCUT2D eigenvalue weighted by atomic mass is 16.1. The van der Waals surface area contributed by atoms with E-state index >= 15 is 0 Å². The Labute approximate surface area is 153 Å². The topological polar surface area (TPSA) is 49.6 Å². The molecule has 1 aliphatic rings. The van der Waals surface area contributed by atoms with Gasteiger partial charge in [-0.05, 0) is 62.9 Å². The van der Waals surface area contributed by atoms with Gasteiger partial charge in [0, 0.05) is 18.8 Å². The number of hydrogen-bond donors (Lipinski definition) is 1. The molecule has 1 amide bonds. The molecule has 0 saturated heterocycles. The largest absolute Gasteiger partial charge is 0.370 e. The maximum Gasteiger partial charge on any atom is 0.222 e. The Bertz CT molecular complexity index is 542. The van der Waals surface area contributed by atoms with Crippen LogP contribution >= 0.6 is 0 Å². The first-order chi connectivity index (χ1) is 12.1. The van der Waals surface area contributed by atoms with Crippen LogP contribution in [-0.2, 0) is 11.2 Å². The summed E-state index contributed by atoms with van der Waals surface area (Å²) in [6.07, 6.45) is 4.47. The minimum absolute atomic E-state index is 0.0807. The van der Waals surface area contributed by atoms with Crippen LogP contribution in [-0.4, -0.2) is 43.5 Å². The third-order valence-corrected chi connectivity index (χ3v) is 5.70. The van der Waals surface area contributed by atoms with Crippen molar-refractivity contribution < 1.29 is 4.79 Å². The number of anilines is 1. The van der Waals surface area contributed by atoms with Crippen molar-refractivity contribution >= 4 is 11.6 Å². The standard InChI is InChI=1S/C21H35N3O/c1-4-23(5-2)14-8-10-17(3)19(21(22)25)16-24-15-9-12-18-11-6-7-13-20(18)24/h6-7,11,13,17,19H,4-5,8-10,12,14-16H2,1-3H3,(H2,22,25). The van der Waals surface area contributed by atoms with Gasteiger partial charge in [0.25, 0.3) is 0 Å². The Morgan fingerprint density at radius 2 is 2.00 bits per heavy atom. The van der Waals surface area contributed by atoms with Crippen LogP contribution in [0.1, 0.15) is 45.6 Å². The number of amides is 1. The average Bonchev–Trinajstić information content (AvgIpc) is 2.63. The van der Waals surface area contributed by atoms with Crippen LogP contribution in [0, 0.1) is 11.8 Å². The molecule has 0 saturated carbocycles. The highest BCUT2D eigenvalue weighted by Gasteiger charge is 2.27. The zero-order valence-corrected chi connectivity index (χ0v) is 16.2. The smallest absolute Gasteiger partial charge is 0.222 e. The average molecular weight is 346 g/mol. The zero-order chi connectivity index (χ0) is 18.2. The van der Waals surface area contributed by atoms with E-state index in [1.165, 1.54) is 11.3 Å². The number of fused-ring (bicyclic) bond motifs is 1. The van der Waals surface area contributed by atoms with Crippen LogP contribution in [0.5, 0.6) is 0 Å². The van der Waals surface area contributed by atoms with Gasteiger partial charge in [-0.1, -0.05) is 39.0 Å². The van der Waals surface area contributed by atoms with E-state index in [1.54, 1.807) is 0 Å². The number of para-hydroxylation sites is 1. The molecule has 25 heavy (non-hydrogen) atoms. The monoisotopic (exact) mass is 345 g/mol. The van der Waals surface area contributed by atoms with Gasteiger partial charge in [0.1, 0.15) is 0 Å². The van der Waals surface area contributed by atoms with Gasteiger partial charge in [0.2, 0.25) is 5.91 Å². The van der Waals surface area contributed by atoms with Crippen LogP contribution in [0.25, 0.3) is 0 Å². The van der Waals surface area contributed by atoms with Gasteiger partial charge in [0.05, 0.1) is 5.92 Å². The van der Waals surface area contributed by atoms with Crippen molar-refractivity contribution in [3.63, 3.8) is 0 Å². The van der Waals surface area contributed by atoms with Crippen LogP contribution in [0.15, 0.2) is 24.3 Å². The summed E-state index contributed by atoms with van der Waals surface area (Å²) < 4.78 is 0. The number of benzene rings is 1. The highest BCUT2D eigenvalue weighted by Crippen LogP contribution is 2.29. The third-order valence-electron chi connectivity index (χ3n) is 5.70. The molecule has 1 aromatic rings. The second-order valence-electron chi connectivity index (χ2n) is 7.33. The first-order valence-electron chi connectivity index (χ1n) is 9.91. The molecule has 0 aromatic heterocycles. The number of nitrogens with two attached hydrogens (primary N) is 1. The van der Waals surface area contributed by atoms with Crippen molar-refractivity contribution in [2.24, 2.45) is 17.6 Å². The summed E-state index contributed by atoms with van der Waals surface area (Å²) in [7, 11) is 0. The summed E-state index contributed by atoms with van der Waals surface area (Å²) >= 11 is 0. The van der Waals surface area contributed by atoms with Gasteiger partial charge in [-0.3, -0.25) is 4.79 Å². The highest BCUT2D eigenvalue weighted by molar-refractivity contribution is 5.78. The molecule has 0 aliphatic carbocycles. The summed E-state index contributed by atoms with van der Waals surface area (Å²) in [6, 6.07) is 8.57. The number of carbonyl (C=O) groups is 1. The number of carbonyl (C=O) groups excluding carboxylic acids is 1. The Morgan fingerprint density at radius 3 is 2.68 bits per heavy atom. The zero-order valence-electron chi connectivity index (χ0n) is 16.2. The maximum atomic E-state index is 12.1. The summed E-state index contributed by atoms with van der Waals surface area (Å²) in [4.78, 5) is 16.9. The van der Waals surface area contributed by atoms with Crippen molar-refractivity contribution in [3.05, 3.63) is 29.8 Å². The lowest BCUT2D eigenvalue weighted by molar-refractivity contribution is -0.123. The van der Waals surface area contributed by atoms with Gasteiger partial charge in [0.15, 0.2) is 0 Å². The van der Waals surface area contributed by atoms with Crippen molar-refractivity contribution in [2.45, 2.75) is 46.5 Å². The summed E-state index contributed by atoms with van der Waals surface area (Å²) in [5, 5.41) is 0. The molecule has 4 heteroatoms. The molecule has 2 unspecified atom stereocenters. The third kappa shape index (κ3) is 5.46. The molecule has 4 nitrogen and oxygen atoms in total. The molecule has 0 fully saturated rings. The molecular weight excluding hydrogens is 310 g/mol. The van der Waals surface area contributed by atoms with Crippen molar-refractivity contribution in [2.75, 3.05) is 37.6 Å². The number of nitrogens with zero attached hydrogens (tertiary/aromatic N) is 2. The quantitative estimate of drug-likeness (QED) is 0.708. The summed E-state index contributed by atoms with van der Waals surface area (Å²) in [5.74, 6) is 0.0865. The van der Waals surface area contributed by atoms with Gasteiger partial charge >= 0.3 is 0 Å². The van der Waals surface area contributed by atoms with Crippen molar-refractivity contribution in [3.8, 4) is 0 Å². The van der Waals surface area contributed by atoms with E-state index in [9.17, 15) is 4.79 Å². The Kier molecular flexibility index (Phi) is 7.76. The molecule has 2 N–H and O–H groups in total. The number of hydrogen-bond acceptors (Lipinski definition) is 3. The van der Waals surface area contributed by atoms with Gasteiger partial charge in [-0.2, -0.15) is 0 Å². The van der Waals surface area contributed by atoms with Gasteiger partial charge in [-0.25, -0.2) is 0 Å². The molecule has 0 radical (unpaired) electrons. The Balaban J connectivity index is 1.96.